The molecule has 4 aromatic rings. The van der Waals surface area contributed by atoms with E-state index in [1.807, 2.05) is 24.3 Å². The number of hydrogen-bond acceptors (Lipinski definition) is 0. The van der Waals surface area contributed by atoms with Crippen LogP contribution in [0.1, 0.15) is 25.7 Å². The molecule has 0 atom stereocenters. The van der Waals surface area contributed by atoms with Gasteiger partial charge in [0.15, 0.2) is 0 Å². The summed E-state index contributed by atoms with van der Waals surface area (Å²) in [7, 11) is 0. The Kier molecular flexibility index (Phi) is 15.8. The molecule has 0 amide bonds. The second-order valence-corrected chi connectivity index (χ2v) is 10.2. The van der Waals surface area contributed by atoms with Crippen LogP contribution < -0.4 is 0 Å². The second kappa shape index (κ2) is 18.3. The van der Waals surface area contributed by atoms with Crippen molar-refractivity contribution in [2.75, 3.05) is 0 Å². The Bertz CT molecular complexity index is 941. The molecule has 4 radical (unpaired) electrons. The normalized spacial score (nSPS) is 12.9. The summed E-state index contributed by atoms with van der Waals surface area (Å²) in [5.41, 5.74) is 5.01. The van der Waals surface area contributed by atoms with Crippen LogP contribution >= 0.6 is 45.2 Å². The van der Waals surface area contributed by atoms with Gasteiger partial charge in [-0.3, -0.25) is 0 Å². The van der Waals surface area contributed by atoms with Crippen molar-refractivity contribution in [2.24, 2.45) is 0 Å². The maximum absolute atomic E-state index is 3.01. The predicted octanol–water partition coefficient (Wildman–Crippen LogP) is 9.89. The Labute approximate surface area is 253 Å². The molecule has 1 fully saturated rings. The van der Waals surface area contributed by atoms with Crippen LogP contribution in [0.2, 0.25) is 0 Å². The van der Waals surface area contributed by atoms with Crippen molar-refractivity contribution in [3.05, 3.63) is 142 Å². The van der Waals surface area contributed by atoms with Crippen LogP contribution in [0.5, 0.6) is 0 Å². The number of halogens is 2. The molecule has 0 aromatic heterocycles. The summed E-state index contributed by atoms with van der Waals surface area (Å²) < 4.78 is 2.53. The molecule has 1 aliphatic rings. The van der Waals surface area contributed by atoms with Gasteiger partial charge in [-0.05, 0) is 132 Å². The van der Waals surface area contributed by atoms with E-state index < -0.39 is 0 Å². The van der Waals surface area contributed by atoms with Crippen molar-refractivity contribution in [1.29, 1.82) is 0 Å². The Morgan fingerprint density at radius 3 is 0.943 bits per heavy atom. The molecule has 0 aliphatic heterocycles. The number of benzene rings is 4. The van der Waals surface area contributed by atoms with Crippen LogP contribution in [0.15, 0.2) is 97.1 Å². The van der Waals surface area contributed by atoms with Gasteiger partial charge in [0, 0.05) is 7.14 Å². The first-order valence-corrected chi connectivity index (χ1v) is 13.6. The average Bonchev–Trinajstić information content (AvgIpc) is 2.86. The average molecular weight is 861 g/mol. The third-order valence-corrected chi connectivity index (χ3v) is 6.56. The summed E-state index contributed by atoms with van der Waals surface area (Å²) >= 11 is 4.62. The van der Waals surface area contributed by atoms with Crippen LogP contribution in [-0.2, 0) is 21.1 Å². The minimum Gasteiger partial charge on any atom is -0.184 e. The van der Waals surface area contributed by atoms with Gasteiger partial charge in [-0.15, -0.1) is 11.1 Å². The minimum atomic E-state index is 0. The van der Waals surface area contributed by atoms with E-state index in [1.54, 1.807) is 0 Å². The Balaban J connectivity index is 0.000000188. The number of hydrogen-bond donors (Lipinski definition) is 0. The van der Waals surface area contributed by atoms with Crippen molar-refractivity contribution in [3.8, 4) is 22.3 Å². The number of rotatable bonds is 2. The van der Waals surface area contributed by atoms with Gasteiger partial charge >= 0.3 is 21.1 Å². The van der Waals surface area contributed by atoms with Crippen LogP contribution in [0.4, 0.5) is 0 Å². The summed E-state index contributed by atoms with van der Waals surface area (Å²) in [6.07, 6.45) is 14.0. The topological polar surface area (TPSA) is 0 Å². The van der Waals surface area contributed by atoms with E-state index in [2.05, 4.69) is 156 Å². The Hall–Kier alpha value is -0.972. The van der Waals surface area contributed by atoms with E-state index in [1.165, 1.54) is 55.1 Å². The molecule has 0 bridgehead atoms. The third-order valence-electron chi connectivity index (χ3n) is 5.12. The van der Waals surface area contributed by atoms with E-state index in [0.717, 1.165) is 0 Å². The van der Waals surface area contributed by atoms with E-state index in [-0.39, 0.29) is 21.1 Å². The zero-order valence-corrected chi connectivity index (χ0v) is 26.0. The molecule has 1 saturated carbocycles. The monoisotopic (exact) mass is 861 g/mol. The molecular formula is C32H28I2Pt. The Morgan fingerprint density at radius 1 is 0.400 bits per heavy atom. The van der Waals surface area contributed by atoms with Crippen LogP contribution in [0, 0.1) is 45.0 Å². The van der Waals surface area contributed by atoms with Gasteiger partial charge in [-0.2, -0.15) is 60.7 Å². The van der Waals surface area contributed by atoms with Crippen LogP contribution in [0.3, 0.4) is 0 Å². The van der Waals surface area contributed by atoms with Crippen molar-refractivity contribution in [2.45, 2.75) is 25.7 Å². The second-order valence-electron chi connectivity index (χ2n) is 7.69. The molecule has 3 heteroatoms. The van der Waals surface area contributed by atoms with E-state index in [4.69, 9.17) is 0 Å². The molecule has 0 unspecified atom stereocenters. The van der Waals surface area contributed by atoms with Crippen molar-refractivity contribution >= 4 is 45.2 Å². The molecule has 4 aromatic carbocycles. The quantitative estimate of drug-likeness (QED) is 0.139. The summed E-state index contributed by atoms with van der Waals surface area (Å²) in [5, 5.41) is 0. The zero-order valence-electron chi connectivity index (χ0n) is 19.4. The predicted molar refractivity (Wildman–Crippen MR) is 163 cm³/mol. The van der Waals surface area contributed by atoms with Crippen LogP contribution in [0.25, 0.3) is 22.3 Å². The van der Waals surface area contributed by atoms with Crippen molar-refractivity contribution in [1.82, 2.24) is 0 Å². The van der Waals surface area contributed by atoms with Gasteiger partial charge in [-0.1, -0.05) is 24.3 Å². The molecule has 1 aliphatic carbocycles. The minimum absolute atomic E-state index is 0. The first-order valence-electron chi connectivity index (χ1n) is 11.5. The largest absolute Gasteiger partial charge is 2.00 e. The standard InChI is InChI=1S/2C12H8I.C8H12.Pt/c2*13-12-8-6-11(7-9-12)10-4-2-1-3-5-10;1-2-4-6-8-7-5-3-1;/h2*2-9H;1-2,7-8H,3-6H2;/q2*-1;;+2. The van der Waals surface area contributed by atoms with Gasteiger partial charge in [0.1, 0.15) is 0 Å². The first-order chi connectivity index (χ1) is 16.7. The summed E-state index contributed by atoms with van der Waals surface area (Å²) in [5.74, 6) is 0. The van der Waals surface area contributed by atoms with Gasteiger partial charge in [0.25, 0.3) is 0 Å². The zero-order chi connectivity index (χ0) is 23.8. The fourth-order valence-electron chi connectivity index (χ4n) is 3.30. The molecule has 0 saturated heterocycles. The third kappa shape index (κ3) is 12.2. The van der Waals surface area contributed by atoms with E-state index >= 15 is 0 Å². The summed E-state index contributed by atoms with van der Waals surface area (Å²) in [6, 6.07) is 39.1. The molecule has 0 nitrogen and oxygen atoms in total. The fraction of sp³-hybridized carbons (Fsp3) is 0.125. The van der Waals surface area contributed by atoms with Gasteiger partial charge in [0.2, 0.25) is 0 Å². The molecule has 0 heterocycles. The van der Waals surface area contributed by atoms with E-state index in [9.17, 15) is 0 Å². The smallest absolute Gasteiger partial charge is 0.184 e. The summed E-state index contributed by atoms with van der Waals surface area (Å²) in [6.45, 7) is 0. The SMILES string of the molecule is Ic1ccc(-c2cc[c-]cc2)cc1.Ic1ccc(-c2cc[c-]cc2)cc1.[CH]1[CH]CC[CH][CH]CC1.[Pt+2]. The maximum atomic E-state index is 3.01. The molecule has 180 valence electrons. The van der Waals surface area contributed by atoms with Crippen molar-refractivity contribution in [3.63, 3.8) is 0 Å². The van der Waals surface area contributed by atoms with Gasteiger partial charge < -0.3 is 0 Å². The molecule has 0 N–H and O–H groups in total. The van der Waals surface area contributed by atoms with Gasteiger partial charge in [0.05, 0.1) is 0 Å². The molecule has 5 rings (SSSR count). The molecule has 35 heavy (non-hydrogen) atoms. The van der Waals surface area contributed by atoms with E-state index in [0.29, 0.717) is 0 Å². The summed E-state index contributed by atoms with van der Waals surface area (Å²) in [4.78, 5) is 0. The fourth-order valence-corrected chi connectivity index (χ4v) is 4.02. The van der Waals surface area contributed by atoms with Gasteiger partial charge in [-0.25, -0.2) is 0 Å². The van der Waals surface area contributed by atoms with Crippen molar-refractivity contribution < 1.29 is 21.1 Å². The van der Waals surface area contributed by atoms with Crippen LogP contribution in [-0.4, -0.2) is 0 Å². The maximum Gasteiger partial charge on any atom is 2.00 e. The first kappa shape index (κ1) is 30.3. The Morgan fingerprint density at radius 2 is 0.657 bits per heavy atom. The molecular weight excluding hydrogens is 833 g/mol. The molecule has 0 spiro atoms.